The number of nitrogens with zero attached hydrogens (tertiary/aromatic N) is 6. The topological polar surface area (TPSA) is 112 Å². The summed E-state index contributed by atoms with van der Waals surface area (Å²) in [6.07, 6.45) is 75.3. The third-order valence-corrected chi connectivity index (χ3v) is 18.6. The van der Waals surface area contributed by atoms with Crippen LogP contribution in [0.5, 0.6) is 0 Å². The molecule has 3 heterocycles. The predicted molar refractivity (Wildman–Crippen MR) is 335 cm³/mol. The first-order chi connectivity index (χ1) is 38.4. The first-order valence-electron chi connectivity index (χ1n) is 34.1. The highest BCUT2D eigenvalue weighted by molar-refractivity contribution is 6.32. The summed E-state index contributed by atoms with van der Waals surface area (Å²) in [5, 5.41) is 21.6. The van der Waals surface area contributed by atoms with E-state index in [2.05, 4.69) is 26.8 Å². The quantitative estimate of drug-likeness (QED) is 0.307. The molecular formula is C68H121ClN8O. The normalized spacial score (nSPS) is 22.4. The number of nitriles is 1. The SMILES string of the molecule is Cc1nn(C)cc1Nc1ncc(Cl)c(NC2CCCCCCCCCCCCCCCCCCCCCCCCCCCCCCCCCCCCCCCCCCCCCCCCC3(CC2)CCN(C(=O)CC#N)CC3)n1. The Morgan fingerprint density at radius 1 is 0.551 bits per heavy atom. The lowest BCUT2D eigenvalue weighted by Gasteiger charge is -2.43. The number of carbonyl (C=O) groups excluding carboxylic acids is 1. The van der Waals surface area contributed by atoms with Crippen LogP contribution in [0.25, 0.3) is 0 Å². The Balaban J connectivity index is 1.23. The maximum Gasteiger partial charge on any atom is 0.236 e. The number of halogens is 1. The Hall–Kier alpha value is -2.86. The Bertz CT molecular complexity index is 1790. The molecule has 0 radical (unpaired) electrons. The van der Waals surface area contributed by atoms with E-state index in [0.717, 1.165) is 56.6 Å². The van der Waals surface area contributed by atoms with Crippen LogP contribution in [-0.4, -0.2) is 49.7 Å². The fraction of sp³-hybridized carbons (Fsp3) is 0.868. The second kappa shape index (κ2) is 45.7. The molecule has 4 rings (SSSR count). The molecule has 2 N–H and O–H groups in total. The monoisotopic (exact) mass is 1100 g/mol. The van der Waals surface area contributed by atoms with Crippen LogP contribution in [0, 0.1) is 23.7 Å². The van der Waals surface area contributed by atoms with Gasteiger partial charge < -0.3 is 15.5 Å². The summed E-state index contributed by atoms with van der Waals surface area (Å²) >= 11 is 6.86. The average Bonchev–Trinajstić information content (AvgIpc) is 3.77. The zero-order valence-electron chi connectivity index (χ0n) is 51.1. The molecule has 1 unspecified atom stereocenters. The minimum absolute atomic E-state index is 0.00880. The van der Waals surface area contributed by atoms with Gasteiger partial charge in [-0.3, -0.25) is 9.48 Å². The van der Waals surface area contributed by atoms with Gasteiger partial charge in [0.05, 0.1) is 23.6 Å². The zero-order chi connectivity index (χ0) is 55.2. The molecule has 0 aromatic carbocycles. The van der Waals surface area contributed by atoms with Crippen LogP contribution in [0.3, 0.4) is 0 Å². The summed E-state index contributed by atoms with van der Waals surface area (Å²) in [4.78, 5) is 24.3. The van der Waals surface area contributed by atoms with Gasteiger partial charge in [-0.15, -0.1) is 0 Å². The largest absolute Gasteiger partial charge is 0.366 e. The summed E-state index contributed by atoms with van der Waals surface area (Å²) in [5.41, 5.74) is 1.98. The van der Waals surface area contributed by atoms with Crippen molar-refractivity contribution in [3.05, 3.63) is 23.1 Å². The smallest absolute Gasteiger partial charge is 0.236 e. The third kappa shape index (κ3) is 33.2. The number of rotatable bonds is 5. The van der Waals surface area contributed by atoms with Gasteiger partial charge in [-0.05, 0) is 50.9 Å². The molecule has 0 bridgehead atoms. The summed E-state index contributed by atoms with van der Waals surface area (Å²) < 4.78 is 1.80. The molecule has 1 aliphatic carbocycles. The molecular weight excluding hydrogens is 980 g/mol. The van der Waals surface area contributed by atoms with Crippen molar-refractivity contribution in [1.82, 2.24) is 24.6 Å². The number of anilines is 3. The molecule has 446 valence electrons. The average molecular weight is 1100 g/mol. The lowest BCUT2D eigenvalue weighted by molar-refractivity contribution is -0.132. The van der Waals surface area contributed by atoms with Crippen molar-refractivity contribution in [2.75, 3.05) is 23.7 Å². The molecule has 1 atom stereocenters. The molecule has 10 heteroatoms. The fourth-order valence-electron chi connectivity index (χ4n) is 13.0. The molecule has 1 amide bonds. The number of carbonyl (C=O) groups is 1. The highest BCUT2D eigenvalue weighted by Gasteiger charge is 2.36. The molecule has 78 heavy (non-hydrogen) atoms. The van der Waals surface area contributed by atoms with Crippen molar-refractivity contribution >= 4 is 35.0 Å². The highest BCUT2D eigenvalue weighted by Crippen LogP contribution is 2.42. The van der Waals surface area contributed by atoms with Gasteiger partial charge in [-0.25, -0.2) is 4.98 Å². The third-order valence-electron chi connectivity index (χ3n) is 18.3. The van der Waals surface area contributed by atoms with E-state index in [0.29, 0.717) is 16.8 Å². The van der Waals surface area contributed by atoms with Gasteiger partial charge in [0.2, 0.25) is 11.9 Å². The van der Waals surface area contributed by atoms with E-state index < -0.39 is 0 Å². The lowest BCUT2D eigenvalue weighted by Crippen LogP contribution is -2.43. The molecule has 9 nitrogen and oxygen atoms in total. The van der Waals surface area contributed by atoms with Crippen molar-refractivity contribution in [2.45, 2.75) is 353 Å². The van der Waals surface area contributed by atoms with E-state index in [1.807, 2.05) is 25.1 Å². The van der Waals surface area contributed by atoms with E-state index in [1.165, 1.54) is 302 Å². The molecule has 1 aliphatic heterocycles. The Labute approximate surface area is 486 Å². The number of amides is 1. The van der Waals surface area contributed by atoms with E-state index >= 15 is 0 Å². The van der Waals surface area contributed by atoms with Crippen LogP contribution in [0.1, 0.15) is 346 Å². The first-order valence-corrected chi connectivity index (χ1v) is 34.5. The van der Waals surface area contributed by atoms with E-state index in [1.54, 1.807) is 10.9 Å². The summed E-state index contributed by atoms with van der Waals surface area (Å²) in [5.74, 6) is 1.19. The predicted octanol–water partition coefficient (Wildman–Crippen LogP) is 21.7. The maximum atomic E-state index is 12.9. The van der Waals surface area contributed by atoms with Gasteiger partial charge in [0.15, 0.2) is 5.82 Å². The van der Waals surface area contributed by atoms with Crippen LogP contribution >= 0.6 is 11.6 Å². The van der Waals surface area contributed by atoms with Crippen molar-refractivity contribution in [1.29, 1.82) is 5.26 Å². The minimum atomic E-state index is -0.0180. The molecule has 1 spiro atoms. The first kappa shape index (κ1) is 67.6. The van der Waals surface area contributed by atoms with Crippen molar-refractivity contribution in [2.24, 2.45) is 12.5 Å². The molecule has 2 aromatic rings. The number of aromatic nitrogens is 4. The van der Waals surface area contributed by atoms with Gasteiger partial charge in [-0.2, -0.15) is 15.3 Å². The Morgan fingerprint density at radius 3 is 1.26 bits per heavy atom. The second-order valence-electron chi connectivity index (χ2n) is 25.2. The molecule has 2 aliphatic rings. The number of piperidine rings is 1. The van der Waals surface area contributed by atoms with E-state index in [-0.39, 0.29) is 23.8 Å². The molecule has 1 saturated heterocycles. The maximum absolute atomic E-state index is 12.9. The number of likely N-dealkylation sites (tertiary alicyclic amines) is 1. The standard InChI is InChI=1S/C68H121ClN8O/c1-61-64(60-76(2)75-61)73-67-71-59-63(69)66(74-67)72-62-49-47-45-43-41-39-37-35-33-31-29-27-25-23-21-19-17-15-13-11-9-7-5-3-4-6-8-10-12-14-16-18-20-22-24-26-28-30-32-34-36-38-40-42-44-46-48-52-68(53-50-62)54-57-77(58-55-68)65(78)51-56-70/h59-60,62H,3-55,57-58H2,1-2H3,(H2,71,72,73,74). The lowest BCUT2D eigenvalue weighted by atomic mass is 9.70. The van der Waals surface area contributed by atoms with Crippen molar-refractivity contribution < 1.29 is 4.79 Å². The van der Waals surface area contributed by atoms with Crippen molar-refractivity contribution in [3.63, 3.8) is 0 Å². The Morgan fingerprint density at radius 2 is 0.910 bits per heavy atom. The number of hydrogen-bond donors (Lipinski definition) is 2. The number of hydrogen-bond acceptors (Lipinski definition) is 7. The second-order valence-corrected chi connectivity index (χ2v) is 25.6. The van der Waals surface area contributed by atoms with Gasteiger partial charge in [0, 0.05) is 32.4 Å². The molecule has 1 saturated carbocycles. The Kier molecular flexibility index (Phi) is 39.6. The van der Waals surface area contributed by atoms with Gasteiger partial charge in [0.25, 0.3) is 0 Å². The van der Waals surface area contributed by atoms with Crippen LogP contribution < -0.4 is 10.6 Å². The van der Waals surface area contributed by atoms with Crippen molar-refractivity contribution in [3.8, 4) is 6.07 Å². The van der Waals surface area contributed by atoms with Crippen LogP contribution in [0.4, 0.5) is 17.5 Å². The summed E-state index contributed by atoms with van der Waals surface area (Å²) in [6, 6.07) is 2.33. The number of aryl methyl sites for hydroxylation is 2. The summed E-state index contributed by atoms with van der Waals surface area (Å²) in [7, 11) is 1.92. The van der Waals surface area contributed by atoms with Crippen LogP contribution in [0.2, 0.25) is 5.02 Å². The minimum Gasteiger partial charge on any atom is -0.366 e. The zero-order valence-corrected chi connectivity index (χ0v) is 51.8. The summed E-state index contributed by atoms with van der Waals surface area (Å²) in [6.45, 7) is 3.51. The molecule has 2 fully saturated rings. The van der Waals surface area contributed by atoms with E-state index in [9.17, 15) is 10.1 Å². The van der Waals surface area contributed by atoms with E-state index in [4.69, 9.17) is 16.6 Å². The highest BCUT2D eigenvalue weighted by atomic mass is 35.5. The van der Waals surface area contributed by atoms with Gasteiger partial charge >= 0.3 is 0 Å². The fourth-order valence-corrected chi connectivity index (χ4v) is 13.2. The van der Waals surface area contributed by atoms with Crippen LogP contribution in [-0.2, 0) is 11.8 Å². The van der Waals surface area contributed by atoms with Gasteiger partial charge in [-0.1, -0.05) is 307 Å². The van der Waals surface area contributed by atoms with Gasteiger partial charge in [0.1, 0.15) is 11.4 Å². The van der Waals surface area contributed by atoms with Crippen LogP contribution in [0.15, 0.2) is 12.4 Å². The number of nitrogens with one attached hydrogen (secondary N) is 2. The molecule has 2 aromatic heterocycles.